The van der Waals surface area contributed by atoms with Crippen molar-refractivity contribution in [3.63, 3.8) is 0 Å². The van der Waals surface area contributed by atoms with Gasteiger partial charge in [0.2, 0.25) is 0 Å². The Morgan fingerprint density at radius 2 is 2.24 bits per heavy atom. The molecule has 0 amide bonds. The van der Waals surface area contributed by atoms with Gasteiger partial charge in [-0.25, -0.2) is 0 Å². The highest BCUT2D eigenvalue weighted by atomic mass is 15.2. The maximum absolute atomic E-state index is 4.28. The number of hydrogen-bond acceptors (Lipinski definition) is 2. The molecular weight excluding hydrogens is 262 g/mol. The number of nitrogens with one attached hydrogen (secondary N) is 3. The van der Waals surface area contributed by atoms with Crippen LogP contribution in [0.5, 0.6) is 0 Å². The fourth-order valence-corrected chi connectivity index (χ4v) is 3.02. The summed E-state index contributed by atoms with van der Waals surface area (Å²) >= 11 is 0. The SMILES string of the molecule is CN=C(NCc1ccn[nH]1)NC(C)CCC1CCCCC1. The van der Waals surface area contributed by atoms with Gasteiger partial charge in [0.25, 0.3) is 0 Å². The van der Waals surface area contributed by atoms with Crippen LogP contribution in [0.1, 0.15) is 57.6 Å². The predicted octanol–water partition coefficient (Wildman–Crippen LogP) is 2.82. The zero-order chi connectivity index (χ0) is 14.9. The predicted molar refractivity (Wildman–Crippen MR) is 87.2 cm³/mol. The molecule has 0 radical (unpaired) electrons. The number of aromatic nitrogens is 2. The van der Waals surface area contributed by atoms with E-state index in [1.807, 2.05) is 13.1 Å². The van der Waals surface area contributed by atoms with E-state index in [2.05, 4.69) is 32.7 Å². The van der Waals surface area contributed by atoms with Gasteiger partial charge in [-0.15, -0.1) is 0 Å². The van der Waals surface area contributed by atoms with E-state index < -0.39 is 0 Å². The van der Waals surface area contributed by atoms with Crippen LogP contribution in [0.2, 0.25) is 0 Å². The van der Waals surface area contributed by atoms with E-state index >= 15 is 0 Å². The highest BCUT2D eigenvalue weighted by Crippen LogP contribution is 2.27. The Morgan fingerprint density at radius 3 is 2.90 bits per heavy atom. The fourth-order valence-electron chi connectivity index (χ4n) is 3.02. The number of aliphatic imine (C=N–C) groups is 1. The Labute approximate surface area is 128 Å². The molecule has 5 nitrogen and oxygen atoms in total. The molecule has 1 aromatic heterocycles. The third kappa shape index (κ3) is 5.78. The van der Waals surface area contributed by atoms with Gasteiger partial charge in [0.05, 0.1) is 12.2 Å². The molecular formula is C16H29N5. The summed E-state index contributed by atoms with van der Waals surface area (Å²) in [4.78, 5) is 4.28. The van der Waals surface area contributed by atoms with Gasteiger partial charge >= 0.3 is 0 Å². The average molecular weight is 291 g/mol. The molecule has 1 unspecified atom stereocenters. The average Bonchev–Trinajstić information content (AvgIpc) is 3.04. The lowest BCUT2D eigenvalue weighted by Gasteiger charge is -2.24. The minimum Gasteiger partial charge on any atom is -0.354 e. The third-order valence-corrected chi connectivity index (χ3v) is 4.34. The van der Waals surface area contributed by atoms with Crippen LogP contribution in [0.25, 0.3) is 0 Å². The highest BCUT2D eigenvalue weighted by molar-refractivity contribution is 5.79. The first-order valence-electron chi connectivity index (χ1n) is 8.23. The van der Waals surface area contributed by atoms with Crippen LogP contribution in [0.3, 0.4) is 0 Å². The van der Waals surface area contributed by atoms with Gasteiger partial charge in [0.15, 0.2) is 5.96 Å². The van der Waals surface area contributed by atoms with Crippen molar-refractivity contribution < 1.29 is 0 Å². The Hall–Kier alpha value is -1.52. The second kappa shape index (κ2) is 8.70. The normalized spacial score (nSPS) is 18.5. The van der Waals surface area contributed by atoms with Crippen LogP contribution in [0, 0.1) is 5.92 Å². The molecule has 0 bridgehead atoms. The number of H-pyrrole nitrogens is 1. The molecule has 1 fully saturated rings. The molecule has 1 atom stereocenters. The summed E-state index contributed by atoms with van der Waals surface area (Å²) in [6.45, 7) is 2.96. The van der Waals surface area contributed by atoms with Crippen molar-refractivity contribution in [3.05, 3.63) is 18.0 Å². The molecule has 1 aliphatic carbocycles. The van der Waals surface area contributed by atoms with Crippen molar-refractivity contribution in [3.8, 4) is 0 Å². The molecule has 1 aliphatic rings. The number of nitrogens with zero attached hydrogens (tertiary/aromatic N) is 2. The van der Waals surface area contributed by atoms with E-state index in [0.717, 1.165) is 24.1 Å². The number of rotatable bonds is 6. The smallest absolute Gasteiger partial charge is 0.191 e. The number of aromatic amines is 1. The molecule has 0 saturated heterocycles. The lowest BCUT2D eigenvalue weighted by atomic mass is 9.85. The largest absolute Gasteiger partial charge is 0.354 e. The van der Waals surface area contributed by atoms with E-state index in [0.29, 0.717) is 6.04 Å². The summed E-state index contributed by atoms with van der Waals surface area (Å²) in [5.41, 5.74) is 1.06. The highest BCUT2D eigenvalue weighted by Gasteiger charge is 2.14. The van der Waals surface area contributed by atoms with Gasteiger partial charge in [-0.05, 0) is 31.7 Å². The van der Waals surface area contributed by atoms with Crippen molar-refractivity contribution in [2.75, 3.05) is 7.05 Å². The van der Waals surface area contributed by atoms with Gasteiger partial charge in [-0.3, -0.25) is 10.1 Å². The molecule has 1 heterocycles. The molecule has 0 spiro atoms. The van der Waals surface area contributed by atoms with E-state index in [1.54, 1.807) is 6.20 Å². The first kappa shape index (κ1) is 15.9. The minimum absolute atomic E-state index is 0.458. The van der Waals surface area contributed by atoms with Crippen LogP contribution in [-0.4, -0.2) is 29.2 Å². The summed E-state index contributed by atoms with van der Waals surface area (Å²) < 4.78 is 0. The van der Waals surface area contributed by atoms with Crippen LogP contribution >= 0.6 is 0 Å². The summed E-state index contributed by atoms with van der Waals surface area (Å²) in [5, 5.41) is 13.7. The fraction of sp³-hybridized carbons (Fsp3) is 0.750. The monoisotopic (exact) mass is 291 g/mol. The molecule has 21 heavy (non-hydrogen) atoms. The summed E-state index contributed by atoms with van der Waals surface area (Å²) in [7, 11) is 1.82. The van der Waals surface area contributed by atoms with Crippen molar-refractivity contribution in [2.24, 2.45) is 10.9 Å². The first-order valence-corrected chi connectivity index (χ1v) is 8.23. The van der Waals surface area contributed by atoms with Crippen LogP contribution in [-0.2, 0) is 6.54 Å². The molecule has 3 N–H and O–H groups in total. The van der Waals surface area contributed by atoms with Gasteiger partial charge in [-0.2, -0.15) is 5.10 Å². The van der Waals surface area contributed by atoms with E-state index in [4.69, 9.17) is 0 Å². The topological polar surface area (TPSA) is 65.1 Å². The maximum atomic E-state index is 4.28. The molecule has 5 heteroatoms. The van der Waals surface area contributed by atoms with Crippen molar-refractivity contribution >= 4 is 5.96 Å². The van der Waals surface area contributed by atoms with Crippen LogP contribution < -0.4 is 10.6 Å². The van der Waals surface area contributed by atoms with Crippen molar-refractivity contribution in [1.29, 1.82) is 0 Å². The van der Waals surface area contributed by atoms with Crippen LogP contribution in [0.15, 0.2) is 17.3 Å². The minimum atomic E-state index is 0.458. The summed E-state index contributed by atoms with van der Waals surface area (Å²) in [5.74, 6) is 1.81. The molecule has 118 valence electrons. The molecule has 0 aromatic carbocycles. The van der Waals surface area contributed by atoms with Gasteiger partial charge in [-0.1, -0.05) is 32.1 Å². The molecule has 1 saturated carbocycles. The molecule has 2 rings (SSSR count). The Bertz CT molecular complexity index is 406. The zero-order valence-corrected chi connectivity index (χ0v) is 13.4. The maximum Gasteiger partial charge on any atom is 0.191 e. The van der Waals surface area contributed by atoms with Gasteiger partial charge < -0.3 is 10.6 Å². The van der Waals surface area contributed by atoms with E-state index in [1.165, 1.54) is 44.9 Å². The second-order valence-electron chi connectivity index (χ2n) is 6.13. The summed E-state index contributed by atoms with van der Waals surface area (Å²) in [6, 6.07) is 2.42. The molecule has 0 aliphatic heterocycles. The quantitative estimate of drug-likeness (QED) is 0.558. The standard InChI is InChI=1S/C16H29N5/c1-13(8-9-14-6-4-3-5-7-14)20-16(17-2)18-12-15-10-11-19-21-15/h10-11,13-14H,3-9,12H2,1-2H3,(H,19,21)(H2,17,18,20). The van der Waals surface area contributed by atoms with Crippen molar-refractivity contribution in [2.45, 2.75) is 64.5 Å². The van der Waals surface area contributed by atoms with Gasteiger partial charge in [0, 0.05) is 19.3 Å². The Kier molecular flexibility index (Phi) is 6.57. The van der Waals surface area contributed by atoms with Gasteiger partial charge in [0.1, 0.15) is 0 Å². The van der Waals surface area contributed by atoms with Crippen LogP contribution in [0.4, 0.5) is 0 Å². The Morgan fingerprint density at radius 1 is 1.43 bits per heavy atom. The van der Waals surface area contributed by atoms with E-state index in [9.17, 15) is 0 Å². The summed E-state index contributed by atoms with van der Waals surface area (Å²) in [6.07, 6.45) is 11.5. The molecule has 1 aromatic rings. The van der Waals surface area contributed by atoms with E-state index in [-0.39, 0.29) is 0 Å². The Balaban J connectivity index is 1.65. The first-order chi connectivity index (χ1) is 10.3. The second-order valence-corrected chi connectivity index (χ2v) is 6.13. The lowest BCUT2D eigenvalue weighted by molar-refractivity contribution is 0.322. The number of guanidine groups is 1. The third-order valence-electron chi connectivity index (χ3n) is 4.34. The number of hydrogen-bond donors (Lipinski definition) is 3. The zero-order valence-electron chi connectivity index (χ0n) is 13.4. The lowest BCUT2D eigenvalue weighted by Crippen LogP contribution is -2.42. The van der Waals surface area contributed by atoms with Crippen molar-refractivity contribution in [1.82, 2.24) is 20.8 Å².